The Labute approximate surface area is 170 Å². The van der Waals surface area contributed by atoms with Crippen LogP contribution < -0.4 is 16.2 Å². The Kier molecular flexibility index (Phi) is 4.90. The Bertz CT molecular complexity index is 1220. The van der Waals surface area contributed by atoms with Crippen LogP contribution >= 0.6 is 0 Å². The molecule has 1 atom stereocenters. The molecule has 4 heterocycles. The molecule has 4 aromatic rings. The zero-order chi connectivity index (χ0) is 21.4. The van der Waals surface area contributed by atoms with E-state index in [4.69, 9.17) is 21.2 Å². The molecular formula is C20H19F2N7O. The maximum atomic E-state index is 13.8. The van der Waals surface area contributed by atoms with Crippen LogP contribution in [-0.4, -0.2) is 30.6 Å². The van der Waals surface area contributed by atoms with Crippen LogP contribution in [0.3, 0.4) is 0 Å². The molecule has 0 saturated heterocycles. The van der Waals surface area contributed by atoms with Gasteiger partial charge in [0.15, 0.2) is 11.5 Å². The van der Waals surface area contributed by atoms with Crippen LogP contribution in [0.2, 0.25) is 0 Å². The SMILES string of the molecule is Cc1nc2ccc(-c3cc(N)nc(N)c3)nc2n1C[C@@H](C)Oc1nc(F)ccc1F. The molecule has 8 nitrogen and oxygen atoms in total. The maximum Gasteiger partial charge on any atom is 0.253 e. The number of nitrogens with zero attached hydrogens (tertiary/aromatic N) is 5. The van der Waals surface area contributed by atoms with Crippen LogP contribution in [0, 0.1) is 18.7 Å². The van der Waals surface area contributed by atoms with Crippen molar-refractivity contribution < 1.29 is 13.5 Å². The van der Waals surface area contributed by atoms with Crippen molar-refractivity contribution in [3.05, 3.63) is 54.0 Å². The Balaban J connectivity index is 1.66. The molecule has 0 aromatic carbocycles. The quantitative estimate of drug-likeness (QED) is 0.485. The molecule has 10 heteroatoms. The third kappa shape index (κ3) is 3.84. The average molecular weight is 411 g/mol. The van der Waals surface area contributed by atoms with E-state index in [1.165, 1.54) is 0 Å². The first-order valence-corrected chi connectivity index (χ1v) is 9.16. The molecule has 0 aliphatic rings. The predicted octanol–water partition coefficient (Wildman–Crippen LogP) is 3.11. The molecule has 0 radical (unpaired) electrons. The minimum atomic E-state index is -0.815. The van der Waals surface area contributed by atoms with Gasteiger partial charge in [-0.05, 0) is 50.2 Å². The summed E-state index contributed by atoms with van der Waals surface area (Å²) in [7, 11) is 0. The molecule has 0 unspecified atom stereocenters. The summed E-state index contributed by atoms with van der Waals surface area (Å²) in [6.07, 6.45) is -0.525. The highest BCUT2D eigenvalue weighted by Crippen LogP contribution is 2.25. The number of pyridine rings is 3. The number of aryl methyl sites for hydroxylation is 1. The average Bonchev–Trinajstić information content (AvgIpc) is 2.98. The summed E-state index contributed by atoms with van der Waals surface area (Å²) in [4.78, 5) is 16.6. The van der Waals surface area contributed by atoms with Gasteiger partial charge in [-0.15, -0.1) is 0 Å². The van der Waals surface area contributed by atoms with Crippen molar-refractivity contribution in [2.45, 2.75) is 26.5 Å². The molecule has 0 saturated carbocycles. The molecule has 0 spiro atoms. The zero-order valence-electron chi connectivity index (χ0n) is 16.3. The van der Waals surface area contributed by atoms with Crippen molar-refractivity contribution in [1.82, 2.24) is 24.5 Å². The molecule has 0 fully saturated rings. The second-order valence-electron chi connectivity index (χ2n) is 6.86. The summed E-state index contributed by atoms with van der Waals surface area (Å²) in [6.45, 7) is 3.86. The van der Waals surface area contributed by atoms with Gasteiger partial charge in [-0.25, -0.2) is 19.3 Å². The fourth-order valence-corrected chi connectivity index (χ4v) is 3.18. The summed E-state index contributed by atoms with van der Waals surface area (Å²) in [6, 6.07) is 8.93. The molecule has 0 bridgehead atoms. The van der Waals surface area contributed by atoms with Gasteiger partial charge < -0.3 is 20.8 Å². The Hall–Kier alpha value is -3.82. The number of anilines is 2. The molecule has 30 heavy (non-hydrogen) atoms. The molecule has 0 aliphatic carbocycles. The van der Waals surface area contributed by atoms with Crippen molar-refractivity contribution in [2.75, 3.05) is 11.5 Å². The highest BCUT2D eigenvalue weighted by atomic mass is 19.1. The monoisotopic (exact) mass is 411 g/mol. The number of ether oxygens (including phenoxy) is 1. The first-order chi connectivity index (χ1) is 14.3. The lowest BCUT2D eigenvalue weighted by Crippen LogP contribution is -2.21. The van der Waals surface area contributed by atoms with E-state index in [1.54, 1.807) is 19.1 Å². The number of nitrogen functional groups attached to an aromatic ring is 2. The standard InChI is InChI=1S/C20H19F2N7O/c1-10(30-20-13(21)3-6-16(22)27-20)9-29-11(2)25-15-5-4-14(26-19(15)29)12-7-17(23)28-18(24)8-12/h3-8,10H,9H2,1-2H3,(H4,23,24,28)/t10-/m1/s1. The Morgan fingerprint density at radius 3 is 2.47 bits per heavy atom. The van der Waals surface area contributed by atoms with Crippen molar-refractivity contribution in [3.8, 4) is 17.1 Å². The van der Waals surface area contributed by atoms with Gasteiger partial charge in [0.05, 0.1) is 12.2 Å². The molecular weight excluding hydrogens is 392 g/mol. The van der Waals surface area contributed by atoms with Crippen LogP contribution in [0.25, 0.3) is 22.4 Å². The number of hydrogen-bond acceptors (Lipinski definition) is 7. The van der Waals surface area contributed by atoms with E-state index in [2.05, 4.69) is 15.0 Å². The number of imidazole rings is 1. The molecule has 4 aromatic heterocycles. The minimum Gasteiger partial charge on any atom is -0.471 e. The fraction of sp³-hybridized carbons (Fsp3) is 0.200. The van der Waals surface area contributed by atoms with Crippen molar-refractivity contribution >= 4 is 22.8 Å². The van der Waals surface area contributed by atoms with Crippen molar-refractivity contribution in [1.29, 1.82) is 0 Å². The predicted molar refractivity (Wildman–Crippen MR) is 109 cm³/mol. The summed E-state index contributed by atoms with van der Waals surface area (Å²) in [5.41, 5.74) is 14.3. The van der Waals surface area contributed by atoms with Gasteiger partial charge in [0.2, 0.25) is 5.95 Å². The number of hydrogen-bond donors (Lipinski definition) is 2. The van der Waals surface area contributed by atoms with Gasteiger partial charge >= 0.3 is 0 Å². The lowest BCUT2D eigenvalue weighted by atomic mass is 10.1. The third-order valence-electron chi connectivity index (χ3n) is 4.48. The molecule has 4 N–H and O–H groups in total. The molecule has 154 valence electrons. The van der Waals surface area contributed by atoms with Gasteiger partial charge in [-0.1, -0.05) is 0 Å². The number of nitrogens with two attached hydrogens (primary N) is 2. The third-order valence-corrected chi connectivity index (χ3v) is 4.48. The maximum absolute atomic E-state index is 13.8. The molecule has 0 aliphatic heterocycles. The summed E-state index contributed by atoms with van der Waals surface area (Å²) in [5.74, 6) is -0.646. The normalized spacial score (nSPS) is 12.3. The fourth-order valence-electron chi connectivity index (χ4n) is 3.18. The molecule has 4 rings (SSSR count). The van der Waals surface area contributed by atoms with E-state index in [-0.39, 0.29) is 5.88 Å². The second kappa shape index (κ2) is 7.54. The van der Waals surface area contributed by atoms with Gasteiger partial charge in [-0.2, -0.15) is 9.37 Å². The number of halogens is 2. The number of aromatic nitrogens is 5. The van der Waals surface area contributed by atoms with Gasteiger partial charge in [0.1, 0.15) is 29.1 Å². The number of fused-ring (bicyclic) bond motifs is 1. The topological polar surface area (TPSA) is 118 Å². The highest BCUT2D eigenvalue weighted by Gasteiger charge is 2.17. The van der Waals surface area contributed by atoms with Crippen LogP contribution in [-0.2, 0) is 6.54 Å². The highest BCUT2D eigenvalue weighted by molar-refractivity contribution is 5.77. The van der Waals surface area contributed by atoms with Crippen LogP contribution in [0.1, 0.15) is 12.7 Å². The van der Waals surface area contributed by atoms with Crippen LogP contribution in [0.15, 0.2) is 36.4 Å². The van der Waals surface area contributed by atoms with E-state index in [1.807, 2.05) is 23.6 Å². The molecule has 0 amide bonds. The Morgan fingerprint density at radius 2 is 1.73 bits per heavy atom. The van der Waals surface area contributed by atoms with E-state index in [0.717, 1.165) is 17.7 Å². The zero-order valence-corrected chi connectivity index (χ0v) is 16.3. The van der Waals surface area contributed by atoms with E-state index < -0.39 is 17.9 Å². The van der Waals surface area contributed by atoms with Gasteiger partial charge in [0.25, 0.3) is 5.88 Å². The summed E-state index contributed by atoms with van der Waals surface area (Å²) >= 11 is 0. The van der Waals surface area contributed by atoms with Crippen molar-refractivity contribution in [2.24, 2.45) is 0 Å². The van der Waals surface area contributed by atoms with Crippen LogP contribution in [0.5, 0.6) is 5.88 Å². The minimum absolute atomic E-state index is 0.295. The van der Waals surface area contributed by atoms with E-state index in [9.17, 15) is 8.78 Å². The first kappa shape index (κ1) is 19.5. The second-order valence-corrected chi connectivity index (χ2v) is 6.86. The smallest absolute Gasteiger partial charge is 0.253 e. The Morgan fingerprint density at radius 1 is 1.00 bits per heavy atom. The number of rotatable bonds is 5. The van der Waals surface area contributed by atoms with Crippen LogP contribution in [0.4, 0.5) is 20.4 Å². The summed E-state index contributed by atoms with van der Waals surface area (Å²) in [5, 5.41) is 0. The summed E-state index contributed by atoms with van der Waals surface area (Å²) < 4.78 is 34.5. The van der Waals surface area contributed by atoms with Crippen molar-refractivity contribution in [3.63, 3.8) is 0 Å². The largest absolute Gasteiger partial charge is 0.471 e. The van der Waals surface area contributed by atoms with Gasteiger partial charge in [-0.3, -0.25) is 0 Å². The lowest BCUT2D eigenvalue weighted by molar-refractivity contribution is 0.180. The first-order valence-electron chi connectivity index (χ1n) is 9.16. The lowest BCUT2D eigenvalue weighted by Gasteiger charge is -2.16. The van der Waals surface area contributed by atoms with Gasteiger partial charge in [0, 0.05) is 5.56 Å². The van der Waals surface area contributed by atoms with E-state index >= 15 is 0 Å². The van der Waals surface area contributed by atoms with E-state index in [0.29, 0.717) is 40.9 Å².